The van der Waals surface area contributed by atoms with Gasteiger partial charge in [-0.2, -0.15) is 18.6 Å². The summed E-state index contributed by atoms with van der Waals surface area (Å²) in [4.78, 5) is 20.9. The third kappa shape index (κ3) is 4.19. The van der Waals surface area contributed by atoms with Gasteiger partial charge in [-0.1, -0.05) is 6.07 Å². The highest BCUT2D eigenvalue weighted by Gasteiger charge is 2.25. The Hall–Kier alpha value is -2.35. The van der Waals surface area contributed by atoms with Gasteiger partial charge in [0.25, 0.3) is 5.91 Å². The second-order valence-corrected chi connectivity index (χ2v) is 6.13. The maximum atomic E-state index is 12.9. The summed E-state index contributed by atoms with van der Waals surface area (Å²) in [5.41, 5.74) is 1.91. The van der Waals surface area contributed by atoms with Crippen LogP contribution in [0.2, 0.25) is 0 Å². The molecule has 0 N–H and O–H groups in total. The van der Waals surface area contributed by atoms with Gasteiger partial charge in [-0.3, -0.25) is 14.7 Å². The quantitative estimate of drug-likeness (QED) is 0.850. The van der Waals surface area contributed by atoms with Crippen molar-refractivity contribution in [2.45, 2.75) is 26.4 Å². The van der Waals surface area contributed by atoms with Crippen molar-refractivity contribution in [1.29, 1.82) is 0 Å². The molecule has 0 spiro atoms. The highest BCUT2D eigenvalue weighted by molar-refractivity contribution is 5.92. The first-order valence-electron chi connectivity index (χ1n) is 8.30. The number of rotatable bonds is 4. The number of hydrogen-bond donors (Lipinski definition) is 0. The van der Waals surface area contributed by atoms with Crippen molar-refractivity contribution >= 4 is 5.91 Å². The minimum atomic E-state index is -2.81. The summed E-state index contributed by atoms with van der Waals surface area (Å²) >= 11 is 0. The molecule has 2 aromatic heterocycles. The van der Waals surface area contributed by atoms with Crippen LogP contribution in [0.4, 0.5) is 8.78 Å². The van der Waals surface area contributed by atoms with Gasteiger partial charge in [0, 0.05) is 44.6 Å². The highest BCUT2D eigenvalue weighted by atomic mass is 19.3. The predicted molar refractivity (Wildman–Crippen MR) is 88.3 cm³/mol. The van der Waals surface area contributed by atoms with Crippen molar-refractivity contribution in [3.05, 3.63) is 47.5 Å². The molecule has 8 heteroatoms. The van der Waals surface area contributed by atoms with E-state index in [0.29, 0.717) is 24.3 Å². The lowest BCUT2D eigenvalue weighted by molar-refractivity contribution is 0.0466. The highest BCUT2D eigenvalue weighted by Crippen LogP contribution is 2.16. The first-order valence-corrected chi connectivity index (χ1v) is 8.30. The Morgan fingerprint density at radius 1 is 1.20 bits per heavy atom. The van der Waals surface area contributed by atoms with Crippen molar-refractivity contribution in [2.75, 3.05) is 26.2 Å². The van der Waals surface area contributed by atoms with E-state index in [2.05, 4.69) is 15.0 Å². The predicted octanol–water partition coefficient (Wildman–Crippen LogP) is 2.33. The van der Waals surface area contributed by atoms with Gasteiger partial charge in [0.1, 0.15) is 5.69 Å². The van der Waals surface area contributed by atoms with E-state index in [1.165, 1.54) is 12.3 Å². The number of aromatic nitrogens is 3. The zero-order chi connectivity index (χ0) is 17.8. The van der Waals surface area contributed by atoms with Gasteiger partial charge < -0.3 is 4.90 Å². The maximum absolute atomic E-state index is 12.9. The van der Waals surface area contributed by atoms with Crippen LogP contribution in [0.15, 0.2) is 30.5 Å². The van der Waals surface area contributed by atoms with E-state index in [0.717, 1.165) is 30.9 Å². The van der Waals surface area contributed by atoms with E-state index in [1.54, 1.807) is 4.90 Å². The van der Waals surface area contributed by atoms with Crippen LogP contribution in [0, 0.1) is 6.92 Å². The summed E-state index contributed by atoms with van der Waals surface area (Å²) < 4.78 is 26.3. The number of pyridine rings is 1. The fraction of sp³-hybridized carbons (Fsp3) is 0.471. The number of amides is 1. The van der Waals surface area contributed by atoms with Crippen molar-refractivity contribution in [2.24, 2.45) is 0 Å². The van der Waals surface area contributed by atoms with E-state index in [9.17, 15) is 13.6 Å². The number of carbonyl (C=O) groups excluding carboxylic acids is 1. The summed E-state index contributed by atoms with van der Waals surface area (Å²) in [5.74, 6) is -0.395. The van der Waals surface area contributed by atoms with Crippen molar-refractivity contribution in [1.82, 2.24) is 24.6 Å². The van der Waals surface area contributed by atoms with Gasteiger partial charge in [-0.15, -0.1) is 0 Å². The minimum Gasteiger partial charge on any atom is -0.336 e. The van der Waals surface area contributed by atoms with E-state index in [-0.39, 0.29) is 5.69 Å². The molecular formula is C17H21F2N5O. The molecule has 0 unspecified atom stereocenters. The molecule has 1 aliphatic heterocycles. The van der Waals surface area contributed by atoms with Gasteiger partial charge in [-0.05, 0) is 31.5 Å². The Bertz CT molecular complexity index is 733. The fourth-order valence-corrected chi connectivity index (χ4v) is 3.05. The van der Waals surface area contributed by atoms with E-state index < -0.39 is 12.5 Å². The Balaban J connectivity index is 1.63. The average Bonchev–Trinajstić information content (AvgIpc) is 2.96. The number of aryl methyl sites for hydroxylation is 1. The molecule has 1 saturated heterocycles. The standard InChI is InChI=1S/C17H21F2N5O/c1-13-4-2-5-14(21-13)12-22-8-3-9-23(11-10-22)16(25)15-6-7-20-24(15)17(18)19/h2,4-7,17H,3,8-12H2,1H3. The van der Waals surface area contributed by atoms with E-state index in [1.807, 2.05) is 25.1 Å². The molecule has 0 aromatic carbocycles. The molecule has 25 heavy (non-hydrogen) atoms. The lowest BCUT2D eigenvalue weighted by atomic mass is 10.3. The molecule has 3 rings (SSSR count). The van der Waals surface area contributed by atoms with Crippen LogP contribution in [0.1, 0.15) is 34.8 Å². The summed E-state index contributed by atoms with van der Waals surface area (Å²) in [6, 6.07) is 7.27. The largest absolute Gasteiger partial charge is 0.336 e. The van der Waals surface area contributed by atoms with Crippen molar-refractivity contribution < 1.29 is 13.6 Å². The number of nitrogens with zero attached hydrogens (tertiary/aromatic N) is 5. The van der Waals surface area contributed by atoms with Gasteiger partial charge in [-0.25, -0.2) is 0 Å². The first-order chi connectivity index (χ1) is 12.0. The zero-order valence-corrected chi connectivity index (χ0v) is 14.1. The average molecular weight is 349 g/mol. The second kappa shape index (κ2) is 7.69. The van der Waals surface area contributed by atoms with E-state index in [4.69, 9.17) is 0 Å². The fourth-order valence-electron chi connectivity index (χ4n) is 3.05. The summed E-state index contributed by atoms with van der Waals surface area (Å²) in [5, 5.41) is 3.53. The Kier molecular flexibility index (Phi) is 5.37. The van der Waals surface area contributed by atoms with Crippen LogP contribution in [-0.4, -0.2) is 56.7 Å². The normalized spacial score (nSPS) is 16.2. The molecule has 0 atom stereocenters. The van der Waals surface area contributed by atoms with Crippen LogP contribution in [0.3, 0.4) is 0 Å². The molecule has 6 nitrogen and oxygen atoms in total. The van der Waals surface area contributed by atoms with Crippen LogP contribution < -0.4 is 0 Å². The molecule has 134 valence electrons. The van der Waals surface area contributed by atoms with Crippen LogP contribution in [-0.2, 0) is 6.54 Å². The third-order valence-electron chi connectivity index (χ3n) is 4.28. The van der Waals surface area contributed by atoms with Crippen LogP contribution in [0.5, 0.6) is 0 Å². The van der Waals surface area contributed by atoms with Gasteiger partial charge in [0.15, 0.2) is 0 Å². The zero-order valence-electron chi connectivity index (χ0n) is 14.1. The SMILES string of the molecule is Cc1cccc(CN2CCCN(C(=O)c3ccnn3C(F)F)CC2)n1. The Morgan fingerprint density at radius 3 is 2.80 bits per heavy atom. The molecular weight excluding hydrogens is 328 g/mol. The van der Waals surface area contributed by atoms with Gasteiger partial charge in [0.05, 0.1) is 5.69 Å². The number of halogens is 2. The molecule has 0 bridgehead atoms. The maximum Gasteiger partial charge on any atom is 0.333 e. The van der Waals surface area contributed by atoms with Gasteiger partial charge in [0.2, 0.25) is 0 Å². The molecule has 2 aromatic rings. The number of alkyl halides is 2. The third-order valence-corrected chi connectivity index (χ3v) is 4.28. The molecule has 0 saturated carbocycles. The second-order valence-electron chi connectivity index (χ2n) is 6.13. The molecule has 0 aliphatic carbocycles. The monoisotopic (exact) mass is 349 g/mol. The molecule has 0 radical (unpaired) electrons. The first kappa shape index (κ1) is 17.5. The number of carbonyl (C=O) groups is 1. The molecule has 3 heterocycles. The summed E-state index contributed by atoms with van der Waals surface area (Å²) in [7, 11) is 0. The van der Waals surface area contributed by atoms with Crippen LogP contribution in [0.25, 0.3) is 0 Å². The van der Waals surface area contributed by atoms with Gasteiger partial charge >= 0.3 is 6.55 Å². The minimum absolute atomic E-state index is 0.0659. The van der Waals surface area contributed by atoms with E-state index >= 15 is 0 Å². The van der Waals surface area contributed by atoms with Crippen LogP contribution >= 0.6 is 0 Å². The Morgan fingerprint density at radius 2 is 2.04 bits per heavy atom. The summed E-state index contributed by atoms with van der Waals surface area (Å²) in [6.45, 7) is 2.43. The lowest BCUT2D eigenvalue weighted by Crippen LogP contribution is -2.36. The molecule has 1 fully saturated rings. The number of hydrogen-bond acceptors (Lipinski definition) is 4. The Labute approximate surface area is 145 Å². The lowest BCUT2D eigenvalue weighted by Gasteiger charge is -2.22. The molecule has 1 amide bonds. The molecule has 1 aliphatic rings. The topological polar surface area (TPSA) is 54.3 Å². The smallest absolute Gasteiger partial charge is 0.333 e. The summed E-state index contributed by atoms with van der Waals surface area (Å²) in [6.07, 6.45) is 2.02. The van der Waals surface area contributed by atoms with Crippen molar-refractivity contribution in [3.63, 3.8) is 0 Å². The van der Waals surface area contributed by atoms with Crippen molar-refractivity contribution in [3.8, 4) is 0 Å².